The van der Waals surface area contributed by atoms with Crippen LogP contribution in [0.25, 0.3) is 0 Å². The molecule has 0 bridgehead atoms. The number of nitrogens with zero attached hydrogens (tertiary/aromatic N) is 1. The molecule has 1 saturated carbocycles. The molecule has 1 aromatic heterocycles. The summed E-state index contributed by atoms with van der Waals surface area (Å²) in [6.07, 6.45) is 10.9. The van der Waals surface area contributed by atoms with Gasteiger partial charge in [-0.15, -0.1) is 0 Å². The van der Waals surface area contributed by atoms with Crippen LogP contribution < -0.4 is 10.1 Å². The van der Waals surface area contributed by atoms with Gasteiger partial charge >= 0.3 is 0 Å². The van der Waals surface area contributed by atoms with Gasteiger partial charge in [0.25, 0.3) is 0 Å². The van der Waals surface area contributed by atoms with E-state index in [0.29, 0.717) is 6.10 Å². The van der Waals surface area contributed by atoms with Crippen LogP contribution in [0.4, 0.5) is 0 Å². The van der Waals surface area contributed by atoms with Crippen molar-refractivity contribution in [3.63, 3.8) is 0 Å². The van der Waals surface area contributed by atoms with Crippen LogP contribution in [0.2, 0.25) is 0 Å². The molecule has 4 heteroatoms. The Morgan fingerprint density at radius 3 is 2.75 bits per heavy atom. The van der Waals surface area contributed by atoms with Gasteiger partial charge < -0.3 is 10.1 Å². The third kappa shape index (κ3) is 5.06. The first-order valence-electron chi connectivity index (χ1n) is 7.81. The van der Waals surface area contributed by atoms with Crippen LogP contribution in [-0.2, 0) is 6.54 Å². The van der Waals surface area contributed by atoms with Crippen LogP contribution in [0.5, 0.6) is 5.88 Å². The molecule has 112 valence electrons. The first-order valence-corrected chi connectivity index (χ1v) is 8.60. The van der Waals surface area contributed by atoms with Gasteiger partial charge in [0.1, 0.15) is 6.10 Å². The monoisotopic (exact) mass is 340 g/mol. The largest absolute Gasteiger partial charge is 0.474 e. The predicted molar refractivity (Wildman–Crippen MR) is 86.1 cm³/mol. The van der Waals surface area contributed by atoms with Crippen LogP contribution in [0.15, 0.2) is 16.7 Å². The fourth-order valence-corrected chi connectivity index (χ4v) is 3.00. The van der Waals surface area contributed by atoms with Crippen LogP contribution in [0, 0.1) is 0 Å². The Balaban J connectivity index is 2.01. The third-order valence-electron chi connectivity index (χ3n) is 3.71. The first-order chi connectivity index (χ1) is 9.79. The molecule has 1 heterocycles. The molecule has 0 aliphatic heterocycles. The normalized spacial score (nSPS) is 16.9. The molecule has 1 aliphatic rings. The SMILES string of the molecule is CCCNCc1cc(Br)cnc1OC1CCCCCC1. The quantitative estimate of drug-likeness (QED) is 0.613. The van der Waals surface area contributed by atoms with E-state index in [2.05, 4.69) is 39.2 Å². The van der Waals surface area contributed by atoms with E-state index in [0.717, 1.165) is 35.4 Å². The smallest absolute Gasteiger partial charge is 0.218 e. The van der Waals surface area contributed by atoms with Crippen LogP contribution >= 0.6 is 15.9 Å². The average Bonchev–Trinajstić information content (AvgIpc) is 2.70. The molecule has 0 amide bonds. The van der Waals surface area contributed by atoms with E-state index < -0.39 is 0 Å². The van der Waals surface area contributed by atoms with Crippen molar-refractivity contribution in [2.24, 2.45) is 0 Å². The van der Waals surface area contributed by atoms with Gasteiger partial charge in [0, 0.05) is 22.8 Å². The Kier molecular flexibility index (Phi) is 6.80. The summed E-state index contributed by atoms with van der Waals surface area (Å²) in [6.45, 7) is 4.02. The molecule has 3 nitrogen and oxygen atoms in total. The maximum atomic E-state index is 6.18. The number of pyridine rings is 1. The molecular weight excluding hydrogens is 316 g/mol. The number of nitrogens with one attached hydrogen (secondary N) is 1. The van der Waals surface area contributed by atoms with Crippen molar-refractivity contribution in [2.45, 2.75) is 64.5 Å². The molecule has 1 aromatic rings. The molecule has 1 fully saturated rings. The van der Waals surface area contributed by atoms with Crippen molar-refractivity contribution in [1.82, 2.24) is 10.3 Å². The highest BCUT2D eigenvalue weighted by molar-refractivity contribution is 9.10. The summed E-state index contributed by atoms with van der Waals surface area (Å²) in [4.78, 5) is 4.47. The van der Waals surface area contributed by atoms with Gasteiger partial charge in [-0.05, 0) is 60.6 Å². The van der Waals surface area contributed by atoms with Crippen molar-refractivity contribution >= 4 is 15.9 Å². The highest BCUT2D eigenvalue weighted by Gasteiger charge is 2.16. The topological polar surface area (TPSA) is 34.2 Å². The lowest BCUT2D eigenvalue weighted by atomic mass is 10.1. The Bertz CT molecular complexity index is 403. The van der Waals surface area contributed by atoms with E-state index in [9.17, 15) is 0 Å². The third-order valence-corrected chi connectivity index (χ3v) is 4.15. The standard InChI is InChI=1S/C16H25BrN2O/c1-2-9-18-11-13-10-14(17)12-19-16(13)20-15-7-5-3-4-6-8-15/h10,12,15,18H,2-9,11H2,1H3. The zero-order valence-corrected chi connectivity index (χ0v) is 13.9. The lowest BCUT2D eigenvalue weighted by molar-refractivity contribution is 0.174. The van der Waals surface area contributed by atoms with Gasteiger partial charge in [0.2, 0.25) is 5.88 Å². The lowest BCUT2D eigenvalue weighted by Gasteiger charge is -2.18. The summed E-state index contributed by atoms with van der Waals surface area (Å²) < 4.78 is 7.19. The summed E-state index contributed by atoms with van der Waals surface area (Å²) in [5, 5.41) is 3.43. The number of hydrogen-bond donors (Lipinski definition) is 1. The Hall–Kier alpha value is -0.610. The lowest BCUT2D eigenvalue weighted by Crippen LogP contribution is -2.19. The molecule has 1 aliphatic carbocycles. The molecular formula is C16H25BrN2O. The Labute approximate surface area is 130 Å². The Morgan fingerprint density at radius 2 is 2.05 bits per heavy atom. The Morgan fingerprint density at radius 1 is 1.30 bits per heavy atom. The second-order valence-corrected chi connectivity index (χ2v) is 6.44. The van der Waals surface area contributed by atoms with Gasteiger partial charge in [-0.1, -0.05) is 19.8 Å². The maximum absolute atomic E-state index is 6.18. The van der Waals surface area contributed by atoms with E-state index >= 15 is 0 Å². The molecule has 0 unspecified atom stereocenters. The van der Waals surface area contributed by atoms with Gasteiger partial charge in [-0.3, -0.25) is 0 Å². The van der Waals surface area contributed by atoms with Gasteiger partial charge in [-0.2, -0.15) is 0 Å². The number of rotatable bonds is 6. The van der Waals surface area contributed by atoms with Crippen molar-refractivity contribution in [3.05, 3.63) is 22.3 Å². The predicted octanol–water partition coefficient (Wildman–Crippen LogP) is 4.45. The fraction of sp³-hybridized carbons (Fsp3) is 0.688. The summed E-state index contributed by atoms with van der Waals surface area (Å²) in [5.74, 6) is 0.809. The summed E-state index contributed by atoms with van der Waals surface area (Å²) in [6, 6.07) is 2.11. The van der Waals surface area contributed by atoms with E-state index in [1.165, 1.54) is 38.5 Å². The molecule has 2 rings (SSSR count). The molecule has 20 heavy (non-hydrogen) atoms. The van der Waals surface area contributed by atoms with E-state index in [1.807, 2.05) is 6.20 Å². The van der Waals surface area contributed by atoms with Gasteiger partial charge in [-0.25, -0.2) is 4.98 Å². The van der Waals surface area contributed by atoms with Crippen molar-refractivity contribution in [2.75, 3.05) is 6.54 Å². The van der Waals surface area contributed by atoms with Crippen molar-refractivity contribution in [3.8, 4) is 5.88 Å². The zero-order chi connectivity index (χ0) is 14.2. The molecule has 1 N–H and O–H groups in total. The summed E-state index contributed by atoms with van der Waals surface area (Å²) in [7, 11) is 0. The molecule has 0 radical (unpaired) electrons. The second kappa shape index (κ2) is 8.63. The molecule has 0 atom stereocenters. The fourth-order valence-electron chi connectivity index (χ4n) is 2.62. The van der Waals surface area contributed by atoms with Crippen LogP contribution in [0.3, 0.4) is 0 Å². The highest BCUT2D eigenvalue weighted by Crippen LogP contribution is 2.25. The number of halogens is 1. The number of hydrogen-bond acceptors (Lipinski definition) is 3. The molecule has 0 saturated heterocycles. The van der Waals surface area contributed by atoms with Crippen molar-refractivity contribution < 1.29 is 4.74 Å². The molecule has 0 spiro atoms. The zero-order valence-electron chi connectivity index (χ0n) is 12.3. The maximum Gasteiger partial charge on any atom is 0.218 e. The molecule has 0 aromatic carbocycles. The summed E-state index contributed by atoms with van der Waals surface area (Å²) >= 11 is 3.50. The van der Waals surface area contributed by atoms with E-state index in [4.69, 9.17) is 4.74 Å². The minimum Gasteiger partial charge on any atom is -0.474 e. The number of aromatic nitrogens is 1. The second-order valence-electron chi connectivity index (χ2n) is 5.53. The van der Waals surface area contributed by atoms with Gasteiger partial charge in [0.05, 0.1) is 0 Å². The first kappa shape index (κ1) is 15.8. The summed E-state index contributed by atoms with van der Waals surface area (Å²) in [5.41, 5.74) is 1.15. The average molecular weight is 341 g/mol. The highest BCUT2D eigenvalue weighted by atomic mass is 79.9. The van der Waals surface area contributed by atoms with Gasteiger partial charge in [0.15, 0.2) is 0 Å². The van der Waals surface area contributed by atoms with Crippen LogP contribution in [0.1, 0.15) is 57.4 Å². The van der Waals surface area contributed by atoms with E-state index in [-0.39, 0.29) is 0 Å². The van der Waals surface area contributed by atoms with Crippen molar-refractivity contribution in [1.29, 1.82) is 0 Å². The number of ether oxygens (including phenoxy) is 1. The minimum atomic E-state index is 0.344. The van der Waals surface area contributed by atoms with E-state index in [1.54, 1.807) is 0 Å². The minimum absolute atomic E-state index is 0.344. The van der Waals surface area contributed by atoms with Crippen LogP contribution in [-0.4, -0.2) is 17.6 Å².